The first-order chi connectivity index (χ1) is 63.6. The molecule has 8 rings (SSSR count). The van der Waals surface area contributed by atoms with Gasteiger partial charge in [-0.05, 0) is 104 Å². The molecular formula is C93H139N11O29S. The summed E-state index contributed by atoms with van der Waals surface area (Å²) < 4.78 is 97.9. The van der Waals surface area contributed by atoms with E-state index in [2.05, 4.69) is 31.6 Å². The van der Waals surface area contributed by atoms with Gasteiger partial charge in [0.2, 0.25) is 35.8 Å². The highest BCUT2D eigenvalue weighted by molar-refractivity contribution is 7.82. The van der Waals surface area contributed by atoms with E-state index in [1.807, 2.05) is 41.5 Å². The Bertz CT molecular complexity index is 4590. The lowest BCUT2D eigenvalue weighted by Gasteiger charge is -2.41. The summed E-state index contributed by atoms with van der Waals surface area (Å²) in [6.45, 7) is 23.7. The van der Waals surface area contributed by atoms with Crippen LogP contribution in [-0.4, -0.2) is 322 Å². The number of hydrogen-bond donors (Lipinski definition) is 9. The molecule has 1 aromatic heterocycles. The molecule has 4 aromatic rings. The van der Waals surface area contributed by atoms with E-state index in [0.29, 0.717) is 96.0 Å². The molecule has 9 amide bonds. The van der Waals surface area contributed by atoms with Crippen LogP contribution >= 0.6 is 0 Å². The van der Waals surface area contributed by atoms with Crippen molar-refractivity contribution >= 4 is 69.7 Å². The Balaban J connectivity index is 0.749. The number of likely N-dealkylation sites (N-methyl/N-ethyl adjacent to an activating group) is 2. The van der Waals surface area contributed by atoms with Gasteiger partial charge in [0.05, 0.1) is 122 Å². The van der Waals surface area contributed by atoms with Crippen LogP contribution in [0, 0.1) is 46.3 Å². The molecular weight excluding hydrogens is 1770 g/mol. The van der Waals surface area contributed by atoms with Crippen LogP contribution < -0.4 is 34.4 Å². The SMILES string of the molecule is CCC(C)[C@@H]([C@@H](CC(=O)N1CCC[C@H]1[C@H](OC)[C@@H](C)C(=O)NC(Cc1ccccc1)C(=O)O)OC)N(C)C(=O)[C@@H](NC(=O)[C@H](C(C)C)N(C)C(=O)OCc1ccc(OS(=O)(=O)Oc2cc(C(=O)NCCOCCOCCOCCn3cc(COCC(C)(C)COCC(C)(C)CNC(=O)C4CCC(CN5C(=O)C=CC5=O)CC4)nn3)ccc2OC2O[C@H](CO)[C@H](O)[C@H](O)[C@H]2O)cc1)C(C)C. The fourth-order valence-corrected chi connectivity index (χ4v) is 17.3. The van der Waals surface area contributed by atoms with Crippen molar-refractivity contribution in [2.45, 2.75) is 227 Å². The van der Waals surface area contributed by atoms with Crippen molar-refractivity contribution in [2.75, 3.05) is 121 Å². The number of hydrogen-bond acceptors (Lipinski definition) is 30. The van der Waals surface area contributed by atoms with E-state index in [9.17, 15) is 81.9 Å². The standard InChI is InChI=1S/C93H139N11O29S/c1-16-59(6)79(72(122-14)47-76(108)103-37-20-23-69(103)83(123-15)60(7)84(112)96-68(89(117)118)45-61-21-18-17-19-22-61)100(12)88(116)77(57(2)3)97-87(115)78(58(4)5)101(13)91(119)129-51-63-26-31-67(32-27-63)132-134(120,121)133-71-46-65(30-33-70(71)130-90-82(111)81(110)80(109)73(50-105)131-90)86(114)94-36-39-124-41-43-126-44-42-125-40-38-102-49-66(98-99-102)52-127-55-93(10,11)56-128-54-92(8,9)53-95-85(113)64-28-24-62(25-29-64)48-104-74(106)34-35-75(104)107/h17-19,21-22,26-27,30-35,46,49,57-60,62,64,68-69,72-73,77-83,90,105,109-111H,16,20,23-25,28-29,36-45,47-48,50-56H2,1-15H3,(H,94,114)(H,95,113)(H,96,112)(H,97,115)(H,117,118)/t59?,60-,62?,64?,68?,69+,72-,73-,77+,78+,79+,80+,81+,82-,83-,90?/m1/s1. The molecule has 3 fully saturated rings. The van der Waals surface area contributed by atoms with Crippen molar-refractivity contribution in [1.82, 2.24) is 55.9 Å². The normalized spacial score (nSPS) is 20.6. The van der Waals surface area contributed by atoms with Crippen LogP contribution in [0.15, 0.2) is 91.1 Å². The van der Waals surface area contributed by atoms with Crippen molar-refractivity contribution in [2.24, 2.45) is 46.3 Å². The van der Waals surface area contributed by atoms with Gasteiger partial charge in [-0.15, -0.1) is 13.5 Å². The van der Waals surface area contributed by atoms with Gasteiger partial charge in [0.25, 0.3) is 17.7 Å². The smallest absolute Gasteiger partial charge is 0.480 e. The molecule has 14 atom stereocenters. The average molecular weight is 1910 g/mol. The fourth-order valence-electron chi connectivity index (χ4n) is 16.5. The first-order valence-electron chi connectivity index (χ1n) is 45.7. The minimum Gasteiger partial charge on any atom is -0.480 e. The molecule has 746 valence electrons. The molecule has 1 saturated carbocycles. The molecule has 2 saturated heterocycles. The van der Waals surface area contributed by atoms with Gasteiger partial charge in [-0.25, -0.2) is 14.3 Å². The van der Waals surface area contributed by atoms with Gasteiger partial charge in [-0.1, -0.05) is 130 Å². The number of nitrogens with one attached hydrogen (secondary N) is 4. The number of aliphatic hydroxyl groups excluding tert-OH is 4. The first kappa shape index (κ1) is 109. The molecule has 4 aliphatic rings. The Morgan fingerprint density at radius 3 is 1.96 bits per heavy atom. The summed E-state index contributed by atoms with van der Waals surface area (Å²) >= 11 is 0. The number of ether oxygens (including phenoxy) is 10. The highest BCUT2D eigenvalue weighted by Crippen LogP contribution is 2.37. The molecule has 3 aliphatic heterocycles. The molecule has 41 heteroatoms. The monoisotopic (exact) mass is 1910 g/mol. The van der Waals surface area contributed by atoms with Crippen LogP contribution in [-0.2, 0) is 118 Å². The first-order valence-corrected chi connectivity index (χ1v) is 47.0. The van der Waals surface area contributed by atoms with E-state index in [0.717, 1.165) is 35.4 Å². The summed E-state index contributed by atoms with van der Waals surface area (Å²) in [4.78, 5) is 140. The number of rotatable bonds is 56. The number of likely N-dealkylation sites (tertiary alicyclic amines) is 1. The van der Waals surface area contributed by atoms with E-state index in [4.69, 9.17) is 55.7 Å². The van der Waals surface area contributed by atoms with Gasteiger partial charge in [0, 0.05) is 95.4 Å². The number of methoxy groups -OCH3 is 2. The Kier molecular flexibility index (Phi) is 42.8. The van der Waals surface area contributed by atoms with E-state index < -0.39 is 155 Å². The molecule has 3 aromatic carbocycles. The van der Waals surface area contributed by atoms with Crippen molar-refractivity contribution in [3.8, 4) is 17.2 Å². The van der Waals surface area contributed by atoms with E-state index in [-0.39, 0.29) is 129 Å². The number of aliphatic hydroxyl groups is 4. The van der Waals surface area contributed by atoms with Gasteiger partial charge in [-0.2, -0.15) is 0 Å². The van der Waals surface area contributed by atoms with E-state index >= 15 is 0 Å². The van der Waals surface area contributed by atoms with Crippen LogP contribution in [0.5, 0.6) is 17.2 Å². The predicted octanol–water partition coefficient (Wildman–Crippen LogP) is 4.54. The summed E-state index contributed by atoms with van der Waals surface area (Å²) in [7, 11) is 0.681. The fraction of sp³-hybridized carbons (Fsp3) is 0.656. The lowest BCUT2D eigenvalue weighted by molar-refractivity contribution is -0.277. The van der Waals surface area contributed by atoms with Crippen molar-refractivity contribution in [3.05, 3.63) is 114 Å². The Morgan fingerprint density at radius 2 is 1.34 bits per heavy atom. The van der Waals surface area contributed by atoms with Gasteiger partial charge >= 0.3 is 22.5 Å². The van der Waals surface area contributed by atoms with Crippen LogP contribution in [0.25, 0.3) is 0 Å². The zero-order chi connectivity index (χ0) is 98.3. The average Bonchev–Trinajstić information content (AvgIpc) is 0.968. The van der Waals surface area contributed by atoms with Crippen molar-refractivity contribution in [3.63, 3.8) is 0 Å². The van der Waals surface area contributed by atoms with Crippen LogP contribution in [0.3, 0.4) is 0 Å². The maximum absolute atomic E-state index is 14.9. The summed E-state index contributed by atoms with van der Waals surface area (Å²) in [5.41, 5.74) is 0.896. The minimum absolute atomic E-state index is 0.0124. The highest BCUT2D eigenvalue weighted by atomic mass is 32.3. The third kappa shape index (κ3) is 32.7. The second-order valence-electron chi connectivity index (χ2n) is 36.9. The molecule has 3 unspecified atom stereocenters. The van der Waals surface area contributed by atoms with Crippen molar-refractivity contribution in [1.29, 1.82) is 0 Å². The molecule has 1 aliphatic carbocycles. The summed E-state index contributed by atoms with van der Waals surface area (Å²) in [6.07, 6.45) is -2.56. The largest absolute Gasteiger partial charge is 0.501 e. The number of carbonyl (C=O) groups excluding carboxylic acids is 9. The lowest BCUT2D eigenvalue weighted by atomic mass is 9.81. The third-order valence-electron chi connectivity index (χ3n) is 24.3. The van der Waals surface area contributed by atoms with E-state index in [1.165, 1.54) is 73.6 Å². The highest BCUT2D eigenvalue weighted by Gasteiger charge is 2.48. The quantitative estimate of drug-likeness (QED) is 0.0216. The second-order valence-corrected chi connectivity index (χ2v) is 38.0. The maximum Gasteiger partial charge on any atom is 0.501 e. The third-order valence-corrected chi connectivity index (χ3v) is 25.1. The topological polar surface area (TPSA) is 509 Å². The number of imide groups is 1. The molecule has 0 spiro atoms. The van der Waals surface area contributed by atoms with Gasteiger partial charge in [-0.3, -0.25) is 48.2 Å². The second kappa shape index (κ2) is 52.4. The minimum atomic E-state index is -5.16. The maximum atomic E-state index is 14.9. The molecule has 4 heterocycles. The molecule has 0 bridgehead atoms. The number of aromatic nitrogens is 3. The lowest BCUT2D eigenvalue weighted by Crippen LogP contribution is -2.60. The molecule has 134 heavy (non-hydrogen) atoms. The van der Waals surface area contributed by atoms with E-state index in [1.54, 1.807) is 87.8 Å². The summed E-state index contributed by atoms with van der Waals surface area (Å²) in [5, 5.41) is 71.4. The Morgan fingerprint density at radius 1 is 0.687 bits per heavy atom. The molecule has 0 radical (unpaired) electrons. The Hall–Kier alpha value is -9.89. The number of carboxylic acids is 1. The van der Waals surface area contributed by atoms with Gasteiger partial charge in [0.15, 0.2) is 11.5 Å². The van der Waals surface area contributed by atoms with Crippen LogP contribution in [0.4, 0.5) is 4.79 Å². The summed E-state index contributed by atoms with van der Waals surface area (Å²) in [5.74, 6) is -8.00. The van der Waals surface area contributed by atoms with Gasteiger partial charge in [0.1, 0.15) is 60.6 Å². The van der Waals surface area contributed by atoms with Crippen LogP contribution in [0.1, 0.15) is 155 Å². The number of carboxylic acid groups (broad SMARTS) is 1. The van der Waals surface area contributed by atoms with Gasteiger partial charge < -0.3 is 112 Å². The number of carbonyl (C=O) groups is 10. The zero-order valence-corrected chi connectivity index (χ0v) is 80.3. The molecule has 40 nitrogen and oxygen atoms in total. The number of aliphatic carboxylic acids is 1. The molecule has 9 N–H and O–H groups in total. The summed E-state index contributed by atoms with van der Waals surface area (Å²) in [6, 6.07) is 12.6. The number of benzene rings is 3. The number of amides is 9. The Labute approximate surface area is 784 Å². The van der Waals surface area contributed by atoms with Crippen LogP contribution in [0.2, 0.25) is 0 Å². The zero-order valence-electron chi connectivity index (χ0n) is 79.5. The predicted molar refractivity (Wildman–Crippen MR) is 484 cm³/mol. The van der Waals surface area contributed by atoms with Crippen molar-refractivity contribution < 1.29 is 138 Å². The number of nitrogens with zero attached hydrogens (tertiary/aromatic N) is 7.